The number of carbonyl (C=O) groups excluding carboxylic acids is 2. The number of hydrogen-bond acceptors (Lipinski definition) is 4. The maximum atomic E-state index is 12.6. The van der Waals surface area contributed by atoms with Gasteiger partial charge < -0.3 is 10.2 Å². The van der Waals surface area contributed by atoms with Gasteiger partial charge in [0, 0.05) is 20.0 Å². The van der Waals surface area contributed by atoms with E-state index in [1.165, 1.54) is 19.1 Å². The standard InChI is InChI=1S/C20H24N4O4S/c1-4-22-20(26)23-12-13(2)24(14(3)25)18-10-7-16(11-19(18)23)15-5-8-17(9-6-15)29(21,27)28/h5-11,13H,4,12H2,1-3H3,(H,22,26)(H2,21,27,28)/t13-/m0/s1. The quantitative estimate of drug-likeness (QED) is 0.799. The number of fused-ring (bicyclic) bond motifs is 1. The molecule has 9 heteroatoms. The molecule has 1 aliphatic rings. The second kappa shape index (κ2) is 7.84. The SMILES string of the molecule is CCNC(=O)N1C[C@H](C)N(C(C)=O)c2ccc(-c3ccc(S(N)(=O)=O)cc3)cc21. The number of carbonyl (C=O) groups is 2. The highest BCUT2D eigenvalue weighted by atomic mass is 32.2. The van der Waals surface area contributed by atoms with E-state index in [1.807, 2.05) is 32.0 Å². The molecule has 2 aromatic carbocycles. The second-order valence-corrected chi connectivity index (χ2v) is 8.52. The van der Waals surface area contributed by atoms with Crippen molar-refractivity contribution in [2.24, 2.45) is 5.14 Å². The lowest BCUT2D eigenvalue weighted by Gasteiger charge is -2.40. The fourth-order valence-corrected chi connectivity index (χ4v) is 4.08. The number of nitrogens with one attached hydrogen (secondary N) is 1. The number of rotatable bonds is 3. The lowest BCUT2D eigenvalue weighted by Crippen LogP contribution is -2.53. The number of nitrogens with two attached hydrogens (primary N) is 1. The fraction of sp³-hybridized carbons (Fsp3) is 0.300. The van der Waals surface area contributed by atoms with Gasteiger partial charge in [0.05, 0.1) is 22.3 Å². The summed E-state index contributed by atoms with van der Waals surface area (Å²) >= 11 is 0. The first kappa shape index (κ1) is 20.8. The maximum Gasteiger partial charge on any atom is 0.322 e. The highest BCUT2D eigenvalue weighted by molar-refractivity contribution is 7.89. The number of nitrogens with zero attached hydrogens (tertiary/aromatic N) is 2. The number of primary sulfonamides is 1. The summed E-state index contributed by atoms with van der Waals surface area (Å²) in [5.74, 6) is -0.0976. The van der Waals surface area contributed by atoms with Crippen LogP contribution in [0.1, 0.15) is 20.8 Å². The van der Waals surface area contributed by atoms with Crippen molar-refractivity contribution in [3.63, 3.8) is 0 Å². The largest absolute Gasteiger partial charge is 0.338 e. The van der Waals surface area contributed by atoms with Crippen LogP contribution in [0.2, 0.25) is 0 Å². The molecule has 0 bridgehead atoms. The normalized spacial score (nSPS) is 16.3. The van der Waals surface area contributed by atoms with Gasteiger partial charge in [-0.3, -0.25) is 9.69 Å². The number of sulfonamides is 1. The zero-order valence-corrected chi connectivity index (χ0v) is 17.4. The van der Waals surface area contributed by atoms with Gasteiger partial charge in [0.2, 0.25) is 15.9 Å². The Kier molecular flexibility index (Phi) is 5.63. The molecule has 0 saturated heterocycles. The van der Waals surface area contributed by atoms with E-state index >= 15 is 0 Å². The molecule has 154 valence electrons. The molecule has 0 fully saturated rings. The van der Waals surface area contributed by atoms with E-state index in [0.29, 0.717) is 24.5 Å². The summed E-state index contributed by atoms with van der Waals surface area (Å²) in [7, 11) is -3.77. The Labute approximate surface area is 170 Å². The molecular formula is C20H24N4O4S. The average molecular weight is 417 g/mol. The summed E-state index contributed by atoms with van der Waals surface area (Å²) in [6, 6.07) is 11.3. The number of amides is 3. The monoisotopic (exact) mass is 416 g/mol. The van der Waals surface area contributed by atoms with E-state index in [-0.39, 0.29) is 22.9 Å². The van der Waals surface area contributed by atoms with Gasteiger partial charge in [0.1, 0.15) is 0 Å². The summed E-state index contributed by atoms with van der Waals surface area (Å²) in [4.78, 5) is 28.2. The van der Waals surface area contributed by atoms with Crippen molar-refractivity contribution in [1.29, 1.82) is 0 Å². The molecule has 2 aromatic rings. The summed E-state index contributed by atoms with van der Waals surface area (Å²) in [5, 5.41) is 7.96. The van der Waals surface area contributed by atoms with Crippen LogP contribution in [-0.4, -0.2) is 39.5 Å². The zero-order valence-electron chi connectivity index (χ0n) is 16.5. The van der Waals surface area contributed by atoms with Crippen LogP contribution in [0.4, 0.5) is 16.2 Å². The molecule has 0 unspecified atom stereocenters. The fourth-order valence-electron chi connectivity index (χ4n) is 3.56. The first-order chi connectivity index (χ1) is 13.6. The van der Waals surface area contributed by atoms with Gasteiger partial charge in [-0.1, -0.05) is 18.2 Å². The summed E-state index contributed by atoms with van der Waals surface area (Å²) in [5.41, 5.74) is 2.84. The first-order valence-electron chi connectivity index (χ1n) is 9.26. The van der Waals surface area contributed by atoms with E-state index in [4.69, 9.17) is 5.14 Å². The van der Waals surface area contributed by atoms with Gasteiger partial charge in [-0.15, -0.1) is 0 Å². The molecule has 3 N–H and O–H groups in total. The van der Waals surface area contributed by atoms with E-state index in [9.17, 15) is 18.0 Å². The van der Waals surface area contributed by atoms with Crippen molar-refractivity contribution in [2.45, 2.75) is 31.7 Å². The Morgan fingerprint density at radius 1 is 1.10 bits per heavy atom. The van der Waals surface area contributed by atoms with Crippen LogP contribution in [0.5, 0.6) is 0 Å². The third-order valence-electron chi connectivity index (χ3n) is 4.84. The third kappa shape index (κ3) is 4.10. The van der Waals surface area contributed by atoms with Crippen molar-refractivity contribution in [3.8, 4) is 11.1 Å². The van der Waals surface area contributed by atoms with E-state index in [0.717, 1.165) is 11.1 Å². The molecule has 0 radical (unpaired) electrons. The number of urea groups is 1. The molecule has 29 heavy (non-hydrogen) atoms. The van der Waals surface area contributed by atoms with Gasteiger partial charge in [0.25, 0.3) is 0 Å². The highest BCUT2D eigenvalue weighted by Gasteiger charge is 2.33. The zero-order chi connectivity index (χ0) is 21.3. The van der Waals surface area contributed by atoms with Crippen molar-refractivity contribution in [3.05, 3.63) is 42.5 Å². The smallest absolute Gasteiger partial charge is 0.322 e. The van der Waals surface area contributed by atoms with Gasteiger partial charge in [-0.05, 0) is 49.2 Å². The second-order valence-electron chi connectivity index (χ2n) is 6.96. The van der Waals surface area contributed by atoms with Crippen LogP contribution < -0.4 is 20.3 Å². The Morgan fingerprint density at radius 3 is 2.28 bits per heavy atom. The Morgan fingerprint density at radius 2 is 1.72 bits per heavy atom. The topological polar surface area (TPSA) is 113 Å². The van der Waals surface area contributed by atoms with Crippen molar-refractivity contribution >= 4 is 33.3 Å². The minimum atomic E-state index is -3.77. The minimum Gasteiger partial charge on any atom is -0.338 e. The minimum absolute atomic E-state index is 0.0275. The highest BCUT2D eigenvalue weighted by Crippen LogP contribution is 2.39. The van der Waals surface area contributed by atoms with Crippen molar-refractivity contribution < 1.29 is 18.0 Å². The van der Waals surface area contributed by atoms with Gasteiger partial charge >= 0.3 is 6.03 Å². The molecular weight excluding hydrogens is 392 g/mol. The van der Waals surface area contributed by atoms with E-state index in [2.05, 4.69) is 5.32 Å². The molecule has 3 amide bonds. The van der Waals surface area contributed by atoms with Crippen LogP contribution in [0, 0.1) is 0 Å². The van der Waals surface area contributed by atoms with Crippen LogP contribution in [0.3, 0.4) is 0 Å². The van der Waals surface area contributed by atoms with E-state index in [1.54, 1.807) is 21.9 Å². The summed E-state index contributed by atoms with van der Waals surface area (Å²) < 4.78 is 22.9. The average Bonchev–Trinajstić information content (AvgIpc) is 2.66. The van der Waals surface area contributed by atoms with Gasteiger partial charge in [-0.2, -0.15) is 0 Å². The van der Waals surface area contributed by atoms with Gasteiger partial charge in [-0.25, -0.2) is 18.4 Å². The molecule has 1 atom stereocenters. The molecule has 0 aromatic heterocycles. The molecule has 1 aliphatic heterocycles. The van der Waals surface area contributed by atoms with Crippen LogP contribution in [0.25, 0.3) is 11.1 Å². The van der Waals surface area contributed by atoms with Crippen LogP contribution in [-0.2, 0) is 14.8 Å². The molecule has 0 aliphatic carbocycles. The van der Waals surface area contributed by atoms with Gasteiger partial charge in [0.15, 0.2) is 0 Å². The predicted octanol–water partition coefficient (Wildman–Crippen LogP) is 2.29. The van der Waals surface area contributed by atoms with E-state index < -0.39 is 10.0 Å². The lowest BCUT2D eigenvalue weighted by molar-refractivity contribution is -0.117. The molecule has 8 nitrogen and oxygen atoms in total. The lowest BCUT2D eigenvalue weighted by atomic mass is 10.0. The Bertz CT molecular complexity index is 1050. The van der Waals surface area contributed by atoms with Crippen LogP contribution in [0.15, 0.2) is 47.4 Å². The number of anilines is 2. The number of hydrogen-bond donors (Lipinski definition) is 2. The van der Waals surface area contributed by atoms with Crippen molar-refractivity contribution in [1.82, 2.24) is 5.32 Å². The summed E-state index contributed by atoms with van der Waals surface area (Å²) in [6.45, 7) is 6.10. The number of benzene rings is 2. The maximum absolute atomic E-state index is 12.6. The molecule has 1 heterocycles. The Balaban J connectivity index is 2.09. The first-order valence-corrected chi connectivity index (χ1v) is 10.8. The predicted molar refractivity (Wildman–Crippen MR) is 112 cm³/mol. The van der Waals surface area contributed by atoms with Crippen LogP contribution >= 0.6 is 0 Å². The Hall–Kier alpha value is -2.91. The third-order valence-corrected chi connectivity index (χ3v) is 5.77. The summed E-state index contributed by atoms with van der Waals surface area (Å²) in [6.07, 6.45) is 0. The molecule has 3 rings (SSSR count). The molecule has 0 saturated carbocycles. The molecule has 0 spiro atoms. The van der Waals surface area contributed by atoms with Crippen molar-refractivity contribution in [2.75, 3.05) is 22.9 Å².